The van der Waals surface area contributed by atoms with Crippen molar-refractivity contribution in [1.82, 2.24) is 15.2 Å². The summed E-state index contributed by atoms with van der Waals surface area (Å²) in [4.78, 5) is 22.5. The van der Waals surface area contributed by atoms with Crippen LogP contribution in [0.15, 0.2) is 36.4 Å². The van der Waals surface area contributed by atoms with E-state index in [2.05, 4.69) is 29.3 Å². The minimum atomic E-state index is -0.0409. The van der Waals surface area contributed by atoms with Crippen LogP contribution in [0.3, 0.4) is 0 Å². The highest BCUT2D eigenvalue weighted by Crippen LogP contribution is 2.30. The van der Waals surface area contributed by atoms with E-state index in [1.54, 1.807) is 11.3 Å². The fourth-order valence-electron chi connectivity index (χ4n) is 3.47. The maximum Gasteiger partial charge on any atom is 0.252 e. The van der Waals surface area contributed by atoms with Crippen molar-refractivity contribution in [2.24, 2.45) is 0 Å². The lowest BCUT2D eigenvalue weighted by Gasteiger charge is -2.26. The summed E-state index contributed by atoms with van der Waals surface area (Å²) in [5.41, 5.74) is 3.52. The molecule has 3 heterocycles. The number of hydrogen-bond acceptors (Lipinski definition) is 5. The van der Waals surface area contributed by atoms with Crippen LogP contribution in [-0.2, 0) is 4.74 Å². The van der Waals surface area contributed by atoms with Crippen LogP contribution < -0.4 is 5.32 Å². The average Bonchev–Trinajstić information content (AvgIpc) is 3.14. The Morgan fingerprint density at radius 2 is 2.00 bits per heavy atom. The second-order valence-electron chi connectivity index (χ2n) is 7.20. The molecule has 2 aromatic heterocycles. The maximum absolute atomic E-state index is 13.0. The number of fused-ring (bicyclic) bond motifs is 1. The van der Waals surface area contributed by atoms with Crippen LogP contribution >= 0.6 is 11.3 Å². The highest BCUT2D eigenvalue weighted by molar-refractivity contribution is 7.15. The van der Waals surface area contributed by atoms with Gasteiger partial charge in [0.1, 0.15) is 0 Å². The average molecular weight is 396 g/mol. The molecule has 0 spiro atoms. The number of hydrogen-bond donors (Lipinski definition) is 1. The molecular weight excluding hydrogens is 370 g/mol. The molecule has 0 unspecified atom stereocenters. The summed E-state index contributed by atoms with van der Waals surface area (Å²) in [6.45, 7) is 8.98. The molecule has 0 bridgehead atoms. The van der Waals surface area contributed by atoms with Crippen molar-refractivity contribution >= 4 is 28.1 Å². The Kier molecular flexibility index (Phi) is 5.71. The van der Waals surface area contributed by atoms with Crippen LogP contribution in [-0.4, -0.2) is 55.2 Å². The normalized spacial score (nSPS) is 15.1. The SMILES string of the molecule is Cc1ccc2nc(-c3ccc(C)s3)cc(C(=O)NCCN3CCOCC3)c2c1. The van der Waals surface area contributed by atoms with Gasteiger partial charge in [0.05, 0.1) is 34.9 Å². The van der Waals surface area contributed by atoms with Crippen LogP contribution in [0.25, 0.3) is 21.5 Å². The molecule has 5 nitrogen and oxygen atoms in total. The molecule has 0 saturated carbocycles. The minimum Gasteiger partial charge on any atom is -0.379 e. The van der Waals surface area contributed by atoms with Gasteiger partial charge in [-0.1, -0.05) is 11.6 Å². The van der Waals surface area contributed by atoms with Crippen molar-refractivity contribution < 1.29 is 9.53 Å². The number of benzene rings is 1. The summed E-state index contributed by atoms with van der Waals surface area (Å²) in [5, 5.41) is 4.00. The molecule has 1 amide bonds. The zero-order valence-electron chi connectivity index (χ0n) is 16.3. The second-order valence-corrected chi connectivity index (χ2v) is 8.48. The fraction of sp³-hybridized carbons (Fsp3) is 0.364. The van der Waals surface area contributed by atoms with Crippen LogP contribution in [0.1, 0.15) is 20.8 Å². The topological polar surface area (TPSA) is 54.5 Å². The number of thiophene rings is 1. The molecule has 4 rings (SSSR count). The number of carbonyl (C=O) groups excluding carboxylic acids is 1. The summed E-state index contributed by atoms with van der Waals surface area (Å²) in [6, 6.07) is 12.2. The quantitative estimate of drug-likeness (QED) is 0.717. The van der Waals surface area contributed by atoms with E-state index in [9.17, 15) is 4.79 Å². The first-order chi connectivity index (χ1) is 13.6. The Balaban J connectivity index is 1.60. The van der Waals surface area contributed by atoms with Gasteiger partial charge in [0.2, 0.25) is 0 Å². The van der Waals surface area contributed by atoms with E-state index in [-0.39, 0.29) is 5.91 Å². The molecule has 28 heavy (non-hydrogen) atoms. The fourth-order valence-corrected chi connectivity index (χ4v) is 4.30. The van der Waals surface area contributed by atoms with Crippen molar-refractivity contribution in [2.45, 2.75) is 13.8 Å². The number of pyridine rings is 1. The summed E-state index contributed by atoms with van der Waals surface area (Å²) in [6.07, 6.45) is 0. The Hall–Kier alpha value is -2.28. The van der Waals surface area contributed by atoms with Crippen LogP contribution in [0.5, 0.6) is 0 Å². The van der Waals surface area contributed by atoms with Crippen molar-refractivity contribution in [3.63, 3.8) is 0 Å². The monoisotopic (exact) mass is 395 g/mol. The van der Waals surface area contributed by atoms with E-state index in [1.165, 1.54) is 4.88 Å². The van der Waals surface area contributed by atoms with Gasteiger partial charge in [-0.15, -0.1) is 11.3 Å². The minimum absolute atomic E-state index is 0.0409. The van der Waals surface area contributed by atoms with Gasteiger partial charge in [0.15, 0.2) is 0 Å². The van der Waals surface area contributed by atoms with Gasteiger partial charge in [0, 0.05) is 36.4 Å². The zero-order chi connectivity index (χ0) is 19.5. The molecule has 0 atom stereocenters. The summed E-state index contributed by atoms with van der Waals surface area (Å²) >= 11 is 1.70. The van der Waals surface area contributed by atoms with E-state index in [1.807, 2.05) is 31.2 Å². The van der Waals surface area contributed by atoms with Crippen molar-refractivity contribution in [2.75, 3.05) is 39.4 Å². The predicted octanol–water partition coefficient (Wildman–Crippen LogP) is 3.64. The number of rotatable bonds is 5. The lowest BCUT2D eigenvalue weighted by molar-refractivity contribution is 0.0383. The molecule has 0 aliphatic carbocycles. The van der Waals surface area contributed by atoms with E-state index in [0.717, 1.165) is 59.9 Å². The first kappa shape index (κ1) is 19.1. The van der Waals surface area contributed by atoms with Gasteiger partial charge in [-0.2, -0.15) is 0 Å². The van der Waals surface area contributed by atoms with Gasteiger partial charge in [-0.3, -0.25) is 9.69 Å². The van der Waals surface area contributed by atoms with Gasteiger partial charge in [0.25, 0.3) is 5.91 Å². The number of nitrogens with zero attached hydrogens (tertiary/aromatic N) is 2. The largest absolute Gasteiger partial charge is 0.379 e. The van der Waals surface area contributed by atoms with Crippen molar-refractivity contribution in [3.8, 4) is 10.6 Å². The number of aromatic nitrogens is 1. The molecule has 0 radical (unpaired) electrons. The molecule has 1 fully saturated rings. The van der Waals surface area contributed by atoms with E-state index in [4.69, 9.17) is 9.72 Å². The molecule has 3 aromatic rings. The van der Waals surface area contributed by atoms with Crippen LogP contribution in [0.2, 0.25) is 0 Å². The number of nitrogens with one attached hydrogen (secondary N) is 1. The Morgan fingerprint density at radius 3 is 2.75 bits per heavy atom. The summed E-state index contributed by atoms with van der Waals surface area (Å²) in [7, 11) is 0. The first-order valence-electron chi connectivity index (χ1n) is 9.67. The number of amides is 1. The summed E-state index contributed by atoms with van der Waals surface area (Å²) < 4.78 is 5.38. The third-order valence-electron chi connectivity index (χ3n) is 5.02. The van der Waals surface area contributed by atoms with Gasteiger partial charge in [-0.05, 0) is 44.2 Å². The van der Waals surface area contributed by atoms with E-state index < -0.39 is 0 Å². The number of carbonyl (C=O) groups is 1. The number of ether oxygens (including phenoxy) is 1. The second kappa shape index (κ2) is 8.39. The van der Waals surface area contributed by atoms with Gasteiger partial charge >= 0.3 is 0 Å². The van der Waals surface area contributed by atoms with Crippen LogP contribution in [0.4, 0.5) is 0 Å². The molecule has 1 aliphatic heterocycles. The summed E-state index contributed by atoms with van der Waals surface area (Å²) in [5.74, 6) is -0.0409. The molecule has 1 N–H and O–H groups in total. The smallest absolute Gasteiger partial charge is 0.252 e. The molecule has 1 aliphatic rings. The standard InChI is InChI=1S/C22H25N3O2S/c1-15-3-5-19-17(13-15)18(14-20(24-19)21-6-4-16(2)28-21)22(26)23-7-8-25-9-11-27-12-10-25/h3-6,13-14H,7-12H2,1-2H3,(H,23,26). The van der Waals surface area contributed by atoms with E-state index in [0.29, 0.717) is 12.1 Å². The molecule has 1 aromatic carbocycles. The Labute approximate surface area is 169 Å². The molecule has 6 heteroatoms. The number of aryl methyl sites for hydroxylation is 2. The molecule has 1 saturated heterocycles. The molecule has 146 valence electrons. The lowest BCUT2D eigenvalue weighted by atomic mass is 10.0. The Morgan fingerprint density at radius 1 is 1.18 bits per heavy atom. The predicted molar refractivity (Wildman–Crippen MR) is 114 cm³/mol. The van der Waals surface area contributed by atoms with Crippen molar-refractivity contribution in [3.05, 3.63) is 52.4 Å². The molecular formula is C22H25N3O2S. The third kappa shape index (κ3) is 4.24. The lowest BCUT2D eigenvalue weighted by Crippen LogP contribution is -2.41. The first-order valence-corrected chi connectivity index (χ1v) is 10.5. The maximum atomic E-state index is 13.0. The zero-order valence-corrected chi connectivity index (χ0v) is 17.1. The third-order valence-corrected chi connectivity index (χ3v) is 6.04. The van der Waals surface area contributed by atoms with Crippen LogP contribution in [0, 0.1) is 13.8 Å². The van der Waals surface area contributed by atoms with Crippen molar-refractivity contribution in [1.29, 1.82) is 0 Å². The highest BCUT2D eigenvalue weighted by atomic mass is 32.1. The number of morpholine rings is 1. The Bertz CT molecular complexity index is 993. The van der Waals surface area contributed by atoms with E-state index >= 15 is 0 Å². The van der Waals surface area contributed by atoms with Gasteiger partial charge < -0.3 is 10.1 Å². The highest BCUT2D eigenvalue weighted by Gasteiger charge is 2.16. The van der Waals surface area contributed by atoms with Gasteiger partial charge in [-0.25, -0.2) is 4.98 Å².